The summed E-state index contributed by atoms with van der Waals surface area (Å²) in [4.78, 5) is 0. The van der Waals surface area contributed by atoms with Crippen LogP contribution in [0.2, 0.25) is 0 Å². The number of hydrogen-bond acceptors (Lipinski definition) is 10. The van der Waals surface area contributed by atoms with E-state index in [-0.39, 0.29) is 76.2 Å². The third kappa shape index (κ3) is 10.0. The first-order valence-electron chi connectivity index (χ1n) is 13.1. The van der Waals surface area contributed by atoms with Crippen LogP contribution in [0.15, 0.2) is 65.6 Å². The van der Waals surface area contributed by atoms with E-state index < -0.39 is 34.1 Å². The van der Waals surface area contributed by atoms with Crippen molar-refractivity contribution in [1.82, 2.24) is 0 Å². The van der Waals surface area contributed by atoms with Crippen molar-refractivity contribution in [2.45, 2.75) is 46.5 Å². The Morgan fingerprint density at radius 3 is 1.62 bits per heavy atom. The Morgan fingerprint density at radius 2 is 1.16 bits per heavy atom. The van der Waals surface area contributed by atoms with Crippen molar-refractivity contribution in [3.8, 4) is 28.7 Å². The number of aryl methyl sites for hydroxylation is 1. The molecule has 0 aliphatic carbocycles. The minimum atomic E-state index is -2.72. The lowest BCUT2D eigenvalue weighted by atomic mass is 9.93. The largest absolute Gasteiger partial charge is 0.512 e. The molecule has 16 heteroatoms. The lowest BCUT2D eigenvalue weighted by Gasteiger charge is -2.16. The lowest BCUT2D eigenvalue weighted by Crippen LogP contribution is -2.03. The average molecular weight is 685 g/mol. The molecular weight excluding hydrogens is 653 g/mol. The summed E-state index contributed by atoms with van der Waals surface area (Å²) in [5, 5.41) is 43.4. The highest BCUT2D eigenvalue weighted by molar-refractivity contribution is 7.74. The first kappa shape index (κ1) is 35.5. The number of phenolic OH excluding ortho intramolecular Hbond substituents is 3. The summed E-state index contributed by atoms with van der Waals surface area (Å²) in [6.07, 6.45) is 1.46. The number of phenols is 3. The standard InChI is InChI=1S/C29H32O13S3/c1-4-18-12-25(41-44(36)37)14-23(27(18)31)11-24-15-26(42-45(38)39)13-22(29(24)33)10-20-7-5-6-19(28(20)32)9-21(17(3)30)8-16(2)40-43(34)35/h5-8,12-15,30-33H,4,9-11H2,1-3H3,(H,34,35)(H,36,37)(H,38,39)/b16-8?,21-17-. The molecule has 0 aromatic heterocycles. The van der Waals surface area contributed by atoms with Gasteiger partial charge in [-0.25, -0.2) is 0 Å². The number of allylic oxidation sites excluding steroid dienone is 4. The summed E-state index contributed by atoms with van der Waals surface area (Å²) in [6.45, 7) is 4.57. The molecule has 0 aliphatic heterocycles. The average Bonchev–Trinajstić information content (AvgIpc) is 2.93. The van der Waals surface area contributed by atoms with Crippen molar-refractivity contribution in [1.29, 1.82) is 0 Å². The molecule has 13 nitrogen and oxygen atoms in total. The van der Waals surface area contributed by atoms with Gasteiger partial charge in [0.15, 0.2) is 0 Å². The molecule has 0 heterocycles. The highest BCUT2D eigenvalue weighted by Gasteiger charge is 2.19. The second-order valence-corrected chi connectivity index (χ2v) is 11.6. The zero-order valence-corrected chi connectivity index (χ0v) is 26.7. The van der Waals surface area contributed by atoms with Crippen LogP contribution in [0.25, 0.3) is 0 Å². The molecule has 0 fully saturated rings. The lowest BCUT2D eigenvalue weighted by molar-refractivity contribution is 0.385. The van der Waals surface area contributed by atoms with Crippen LogP contribution in [-0.2, 0) is 64.0 Å². The number of aromatic hydroxyl groups is 3. The molecular formula is C29H32O13S3. The second-order valence-electron chi connectivity index (χ2n) is 9.76. The number of para-hydroxylation sites is 1. The zero-order chi connectivity index (χ0) is 33.4. The fourth-order valence-corrected chi connectivity index (χ4v) is 5.40. The number of hydrogen-bond donors (Lipinski definition) is 7. The van der Waals surface area contributed by atoms with Gasteiger partial charge in [-0.3, -0.25) is 13.7 Å². The van der Waals surface area contributed by atoms with Crippen LogP contribution in [0, 0.1) is 0 Å². The summed E-state index contributed by atoms with van der Waals surface area (Å²) in [7, 11) is 0. The molecule has 3 unspecified atom stereocenters. The van der Waals surface area contributed by atoms with Gasteiger partial charge in [0.1, 0.15) is 34.5 Å². The van der Waals surface area contributed by atoms with Gasteiger partial charge in [-0.15, -0.1) is 0 Å². The highest BCUT2D eigenvalue weighted by atomic mass is 32.2. The first-order chi connectivity index (χ1) is 21.2. The monoisotopic (exact) mass is 684 g/mol. The van der Waals surface area contributed by atoms with Crippen molar-refractivity contribution in [2.75, 3.05) is 0 Å². The van der Waals surface area contributed by atoms with Gasteiger partial charge >= 0.3 is 34.1 Å². The van der Waals surface area contributed by atoms with Gasteiger partial charge in [0.2, 0.25) is 0 Å². The van der Waals surface area contributed by atoms with E-state index in [1.165, 1.54) is 44.2 Å². The van der Waals surface area contributed by atoms with E-state index >= 15 is 0 Å². The van der Waals surface area contributed by atoms with Gasteiger partial charge in [0, 0.05) is 36.0 Å². The van der Waals surface area contributed by atoms with E-state index in [1.54, 1.807) is 25.1 Å². The normalized spacial score (nSPS) is 14.3. The number of aliphatic hydroxyl groups is 1. The molecule has 0 saturated heterocycles. The third-order valence-corrected chi connectivity index (χ3v) is 7.66. The van der Waals surface area contributed by atoms with E-state index in [2.05, 4.69) is 0 Å². The quantitative estimate of drug-likeness (QED) is 0.0675. The molecule has 0 aliphatic rings. The van der Waals surface area contributed by atoms with E-state index in [0.29, 0.717) is 28.7 Å². The van der Waals surface area contributed by atoms with Crippen molar-refractivity contribution in [2.24, 2.45) is 0 Å². The molecule has 3 aromatic rings. The minimum Gasteiger partial charge on any atom is -0.512 e. The fraction of sp³-hybridized carbons (Fsp3) is 0.241. The minimum absolute atomic E-state index is 0.000720. The number of aliphatic hydroxyl groups excluding tert-OH is 1. The summed E-state index contributed by atoms with van der Waals surface area (Å²) in [5.74, 6) is -0.771. The highest BCUT2D eigenvalue weighted by Crippen LogP contribution is 2.38. The maximum absolute atomic E-state index is 11.5. The molecule has 0 radical (unpaired) electrons. The summed E-state index contributed by atoms with van der Waals surface area (Å²) in [5.41, 5.74) is 1.96. The topological polar surface area (TPSA) is 221 Å². The van der Waals surface area contributed by atoms with Crippen LogP contribution in [0.4, 0.5) is 0 Å². The van der Waals surface area contributed by atoms with E-state index in [4.69, 9.17) is 21.7 Å². The van der Waals surface area contributed by atoms with Gasteiger partial charge in [-0.1, -0.05) is 25.1 Å². The molecule has 0 amide bonds. The molecule has 7 N–H and O–H groups in total. The summed E-state index contributed by atoms with van der Waals surface area (Å²) >= 11 is -7.92. The van der Waals surface area contributed by atoms with Crippen molar-refractivity contribution < 1.29 is 59.3 Å². The van der Waals surface area contributed by atoms with Gasteiger partial charge in [0.05, 0.1) is 5.76 Å². The summed E-state index contributed by atoms with van der Waals surface area (Å²) in [6, 6.07) is 10.1. The first-order valence-corrected chi connectivity index (χ1v) is 16.2. The van der Waals surface area contributed by atoms with Gasteiger partial charge in [0.25, 0.3) is 0 Å². The molecule has 0 saturated carbocycles. The Balaban J connectivity index is 2.05. The smallest absolute Gasteiger partial charge is 0.357 e. The van der Waals surface area contributed by atoms with Crippen LogP contribution in [0.3, 0.4) is 0 Å². The predicted octanol–water partition coefficient (Wildman–Crippen LogP) is 5.01. The van der Waals surface area contributed by atoms with Crippen LogP contribution >= 0.6 is 0 Å². The Hall–Kier alpha value is -3.93. The third-order valence-electron chi connectivity index (χ3n) is 6.59. The van der Waals surface area contributed by atoms with E-state index in [0.717, 1.165) is 0 Å². The Kier molecular flexibility index (Phi) is 12.5. The van der Waals surface area contributed by atoms with Gasteiger partial charge in [-0.2, -0.15) is 12.6 Å². The zero-order valence-electron chi connectivity index (χ0n) is 24.3. The summed E-state index contributed by atoms with van der Waals surface area (Å²) < 4.78 is 75.7. The fourth-order valence-electron chi connectivity index (χ4n) is 4.60. The Bertz CT molecular complexity index is 1700. The predicted molar refractivity (Wildman–Crippen MR) is 167 cm³/mol. The van der Waals surface area contributed by atoms with E-state index in [9.17, 15) is 37.6 Å². The molecule has 0 bridgehead atoms. The molecule has 45 heavy (non-hydrogen) atoms. The maximum Gasteiger partial charge on any atom is 0.357 e. The SMILES string of the molecule is CCc1cc(OS(=O)O)cc(Cc2cc(OS(=O)O)cc(Cc3cccc(C/C(C=C(C)OS(=O)O)=C(/C)O)c3O)c2O)c1O. The Labute approximate surface area is 266 Å². The van der Waals surface area contributed by atoms with Crippen LogP contribution in [0.1, 0.15) is 54.2 Å². The van der Waals surface area contributed by atoms with Crippen LogP contribution in [0.5, 0.6) is 28.7 Å². The molecule has 3 atom stereocenters. The molecule has 3 rings (SSSR count). The molecule has 0 spiro atoms. The molecule has 3 aromatic carbocycles. The van der Waals surface area contributed by atoms with E-state index in [1.807, 2.05) is 0 Å². The Morgan fingerprint density at radius 1 is 0.711 bits per heavy atom. The van der Waals surface area contributed by atoms with Crippen LogP contribution in [-0.4, -0.2) is 46.7 Å². The van der Waals surface area contributed by atoms with Gasteiger partial charge < -0.3 is 33.0 Å². The number of rotatable bonds is 14. The van der Waals surface area contributed by atoms with Crippen LogP contribution < -0.4 is 8.37 Å². The van der Waals surface area contributed by atoms with Crippen molar-refractivity contribution in [3.63, 3.8) is 0 Å². The maximum atomic E-state index is 11.5. The molecule has 244 valence electrons. The van der Waals surface area contributed by atoms with Crippen molar-refractivity contribution in [3.05, 3.63) is 99.0 Å². The second kappa shape index (κ2) is 15.9. The number of benzene rings is 3. The van der Waals surface area contributed by atoms with Crippen molar-refractivity contribution >= 4 is 34.1 Å². The van der Waals surface area contributed by atoms with Gasteiger partial charge in [-0.05, 0) is 72.9 Å².